The smallest absolute Gasteiger partial charge is 0.338 e. The molecule has 0 bridgehead atoms. The van der Waals surface area contributed by atoms with Crippen molar-refractivity contribution in [1.82, 2.24) is 0 Å². The van der Waals surface area contributed by atoms with Gasteiger partial charge in [-0.05, 0) is 74.4 Å². The van der Waals surface area contributed by atoms with Crippen LogP contribution >= 0.6 is 0 Å². The molecule has 2 aliphatic rings. The number of carbonyl (C=O) groups is 4. The first-order chi connectivity index (χ1) is 15.8. The molecule has 3 atom stereocenters. The van der Waals surface area contributed by atoms with Crippen LogP contribution in [0.15, 0.2) is 42.5 Å². The van der Waals surface area contributed by atoms with E-state index in [0.29, 0.717) is 17.3 Å². The Morgan fingerprint density at radius 3 is 2.27 bits per heavy atom. The van der Waals surface area contributed by atoms with Gasteiger partial charge in [0.15, 0.2) is 6.61 Å². The molecular weight excluding hydrogens is 420 g/mol. The number of imide groups is 1. The number of hydrogen-bond donors (Lipinski definition) is 1. The van der Waals surface area contributed by atoms with Gasteiger partial charge >= 0.3 is 5.97 Å². The van der Waals surface area contributed by atoms with Crippen LogP contribution in [-0.2, 0) is 19.1 Å². The van der Waals surface area contributed by atoms with Crippen molar-refractivity contribution in [3.63, 3.8) is 0 Å². The van der Waals surface area contributed by atoms with E-state index in [9.17, 15) is 19.2 Å². The zero-order chi connectivity index (χ0) is 23.7. The van der Waals surface area contributed by atoms with Crippen molar-refractivity contribution in [2.24, 2.45) is 17.8 Å². The number of ether oxygens (including phenoxy) is 1. The third-order valence-electron chi connectivity index (χ3n) is 6.63. The van der Waals surface area contributed by atoms with Crippen molar-refractivity contribution in [3.8, 4) is 0 Å². The zero-order valence-electron chi connectivity index (χ0n) is 19.1. The van der Waals surface area contributed by atoms with Crippen LogP contribution in [0.1, 0.15) is 47.7 Å². The maximum atomic E-state index is 12.9. The van der Waals surface area contributed by atoms with E-state index in [1.54, 1.807) is 12.1 Å². The summed E-state index contributed by atoms with van der Waals surface area (Å²) in [5.41, 5.74) is 3.24. The minimum absolute atomic E-state index is 0.157. The maximum Gasteiger partial charge on any atom is 0.338 e. The van der Waals surface area contributed by atoms with E-state index in [1.807, 2.05) is 32.0 Å². The highest BCUT2D eigenvalue weighted by Crippen LogP contribution is 2.42. The first-order valence-corrected chi connectivity index (χ1v) is 11.3. The van der Waals surface area contributed by atoms with Crippen LogP contribution in [0.5, 0.6) is 0 Å². The van der Waals surface area contributed by atoms with Crippen molar-refractivity contribution in [1.29, 1.82) is 0 Å². The largest absolute Gasteiger partial charge is 0.452 e. The first kappa shape index (κ1) is 22.7. The number of nitrogens with zero attached hydrogens (tertiary/aromatic N) is 1. The molecule has 1 aliphatic carbocycles. The number of amides is 3. The van der Waals surface area contributed by atoms with Crippen molar-refractivity contribution >= 4 is 35.1 Å². The van der Waals surface area contributed by atoms with Gasteiger partial charge in [0.2, 0.25) is 11.8 Å². The Morgan fingerprint density at radius 1 is 0.970 bits per heavy atom. The fourth-order valence-electron chi connectivity index (χ4n) is 4.79. The Labute approximate surface area is 193 Å². The molecule has 1 saturated heterocycles. The molecule has 2 aromatic rings. The van der Waals surface area contributed by atoms with Crippen molar-refractivity contribution < 1.29 is 23.9 Å². The molecule has 2 fully saturated rings. The van der Waals surface area contributed by atoms with Gasteiger partial charge < -0.3 is 10.1 Å². The van der Waals surface area contributed by atoms with E-state index < -0.39 is 18.5 Å². The zero-order valence-corrected chi connectivity index (χ0v) is 19.1. The standard InChI is InChI=1S/C26H28N2O5/c1-15-7-12-20-21(13-15)25(31)28(24(20)30)19-10-8-18(9-11-19)26(32)33-14-22(29)27-23-16(2)5-4-6-17(23)3/h4-6,8-11,15,20-21H,7,12-14H2,1-3H3,(H,27,29)/t15-,20-,21+/m1/s1. The molecule has 7 nitrogen and oxygen atoms in total. The summed E-state index contributed by atoms with van der Waals surface area (Å²) in [4.78, 5) is 51.5. The van der Waals surface area contributed by atoms with Gasteiger partial charge in [0.1, 0.15) is 0 Å². The summed E-state index contributed by atoms with van der Waals surface area (Å²) in [6, 6.07) is 11.8. The fraction of sp³-hybridized carbons (Fsp3) is 0.385. The molecule has 0 spiro atoms. The fourth-order valence-corrected chi connectivity index (χ4v) is 4.79. The summed E-state index contributed by atoms with van der Waals surface area (Å²) in [7, 11) is 0. The van der Waals surface area contributed by atoms with Gasteiger partial charge in [-0.1, -0.05) is 25.1 Å². The molecule has 1 saturated carbocycles. The normalized spacial score (nSPS) is 22.2. The Bertz CT molecular complexity index is 1090. The van der Waals surface area contributed by atoms with Crippen LogP contribution in [0, 0.1) is 31.6 Å². The number of para-hydroxylation sites is 1. The van der Waals surface area contributed by atoms with Gasteiger partial charge in [0, 0.05) is 5.69 Å². The number of carbonyl (C=O) groups excluding carboxylic acids is 4. The van der Waals surface area contributed by atoms with Gasteiger partial charge in [-0.15, -0.1) is 0 Å². The van der Waals surface area contributed by atoms with Crippen LogP contribution in [0.3, 0.4) is 0 Å². The third kappa shape index (κ3) is 4.53. The summed E-state index contributed by atoms with van der Waals surface area (Å²) in [5.74, 6) is -1.45. The topological polar surface area (TPSA) is 92.8 Å². The van der Waals surface area contributed by atoms with Gasteiger partial charge in [-0.3, -0.25) is 19.3 Å². The Morgan fingerprint density at radius 2 is 1.61 bits per heavy atom. The minimum atomic E-state index is -0.653. The lowest BCUT2D eigenvalue weighted by atomic mass is 9.76. The van der Waals surface area contributed by atoms with Crippen LogP contribution in [0.25, 0.3) is 0 Å². The molecule has 0 aromatic heterocycles. The number of benzene rings is 2. The van der Waals surface area contributed by atoms with Crippen LogP contribution in [0.2, 0.25) is 0 Å². The SMILES string of the molecule is Cc1cccc(C)c1NC(=O)COC(=O)c1ccc(N2C(=O)[C@H]3C[C@H](C)CC[C@H]3C2=O)cc1. The van der Waals surface area contributed by atoms with Gasteiger partial charge in [0.05, 0.1) is 23.1 Å². The van der Waals surface area contributed by atoms with Gasteiger partial charge in [-0.2, -0.15) is 0 Å². The van der Waals surface area contributed by atoms with Gasteiger partial charge in [0.25, 0.3) is 5.91 Å². The Balaban J connectivity index is 1.37. The lowest BCUT2D eigenvalue weighted by molar-refractivity contribution is -0.122. The third-order valence-corrected chi connectivity index (χ3v) is 6.63. The molecule has 1 N–H and O–H groups in total. The van der Waals surface area contributed by atoms with Crippen molar-refractivity contribution in [2.45, 2.75) is 40.0 Å². The second-order valence-corrected chi connectivity index (χ2v) is 9.08. The molecule has 4 rings (SSSR count). The molecule has 1 aliphatic heterocycles. The number of hydrogen-bond acceptors (Lipinski definition) is 5. The molecule has 172 valence electrons. The molecular formula is C26H28N2O5. The van der Waals surface area contributed by atoms with E-state index in [1.165, 1.54) is 17.0 Å². The Hall–Kier alpha value is -3.48. The predicted molar refractivity (Wildman–Crippen MR) is 124 cm³/mol. The number of aryl methyl sites for hydroxylation is 2. The Kier molecular flexibility index (Phi) is 6.31. The second-order valence-electron chi connectivity index (χ2n) is 9.08. The lowest BCUT2D eigenvalue weighted by Crippen LogP contribution is -2.30. The highest BCUT2D eigenvalue weighted by atomic mass is 16.5. The summed E-state index contributed by atoms with van der Waals surface area (Å²) in [5, 5.41) is 2.77. The molecule has 0 radical (unpaired) electrons. The number of esters is 1. The molecule has 33 heavy (non-hydrogen) atoms. The molecule has 2 aromatic carbocycles. The highest BCUT2D eigenvalue weighted by molar-refractivity contribution is 6.22. The lowest BCUT2D eigenvalue weighted by Gasteiger charge is -2.25. The number of anilines is 2. The van der Waals surface area contributed by atoms with E-state index in [2.05, 4.69) is 12.2 Å². The summed E-state index contributed by atoms with van der Waals surface area (Å²) >= 11 is 0. The average Bonchev–Trinajstić information content (AvgIpc) is 3.04. The molecule has 1 heterocycles. The quantitative estimate of drug-likeness (QED) is 0.551. The molecule has 7 heteroatoms. The van der Waals surface area contributed by atoms with E-state index in [-0.39, 0.29) is 29.2 Å². The second kappa shape index (κ2) is 9.17. The van der Waals surface area contributed by atoms with Crippen molar-refractivity contribution in [2.75, 3.05) is 16.8 Å². The number of fused-ring (bicyclic) bond motifs is 1. The van der Waals surface area contributed by atoms with Crippen molar-refractivity contribution in [3.05, 3.63) is 59.2 Å². The number of nitrogens with one attached hydrogen (secondary N) is 1. The minimum Gasteiger partial charge on any atom is -0.452 e. The van der Waals surface area contributed by atoms with Crippen LogP contribution in [0.4, 0.5) is 11.4 Å². The van der Waals surface area contributed by atoms with Crippen LogP contribution in [-0.4, -0.2) is 30.3 Å². The van der Waals surface area contributed by atoms with E-state index >= 15 is 0 Å². The molecule has 0 unspecified atom stereocenters. The summed E-state index contributed by atoms with van der Waals surface area (Å²) in [6.45, 7) is 5.47. The monoisotopic (exact) mass is 448 g/mol. The predicted octanol–water partition coefficient (Wildman–Crippen LogP) is 4.02. The first-order valence-electron chi connectivity index (χ1n) is 11.3. The average molecular weight is 449 g/mol. The van der Waals surface area contributed by atoms with E-state index in [4.69, 9.17) is 4.74 Å². The van der Waals surface area contributed by atoms with E-state index in [0.717, 1.165) is 30.4 Å². The summed E-state index contributed by atoms with van der Waals surface area (Å²) in [6.07, 6.45) is 2.43. The van der Waals surface area contributed by atoms with Gasteiger partial charge in [-0.25, -0.2) is 4.79 Å². The van der Waals surface area contributed by atoms with Crippen LogP contribution < -0.4 is 10.2 Å². The molecule has 3 amide bonds. The highest BCUT2D eigenvalue weighted by Gasteiger charge is 2.49. The number of rotatable bonds is 5. The maximum absolute atomic E-state index is 12.9. The summed E-state index contributed by atoms with van der Waals surface area (Å²) < 4.78 is 5.14.